The van der Waals surface area contributed by atoms with Crippen molar-refractivity contribution in [2.24, 2.45) is 0 Å². The fraction of sp³-hybridized carbons (Fsp3) is 0.143. The molecule has 1 N–H and O–H groups in total. The van der Waals surface area contributed by atoms with Crippen LogP contribution in [0.2, 0.25) is 5.02 Å². The highest BCUT2D eigenvalue weighted by Gasteiger charge is 2.14. The molecule has 2 aromatic heterocycles. The van der Waals surface area contributed by atoms with Gasteiger partial charge in [0.15, 0.2) is 0 Å². The largest absolute Gasteiger partial charge is 0.497 e. The van der Waals surface area contributed by atoms with Crippen LogP contribution in [0.3, 0.4) is 0 Å². The normalized spacial score (nSPS) is 10.8. The molecule has 0 radical (unpaired) electrons. The first-order chi connectivity index (χ1) is 13.7. The quantitative estimate of drug-likeness (QED) is 0.445. The van der Waals surface area contributed by atoms with Crippen LogP contribution in [0, 0.1) is 0 Å². The number of fused-ring (bicyclic) bond motifs is 1. The van der Waals surface area contributed by atoms with E-state index in [1.807, 2.05) is 42.5 Å². The standard InChI is InChI=1S/C21H18ClN3O2S/c1-26-16-8-5-14(18(9-16)27-2)10-23-20-19-17(11-28-21(19)25-12-24-20)13-3-6-15(22)7-4-13/h3-9,11-12H,10H2,1-2H3,(H,23,24,25). The van der Waals surface area contributed by atoms with Crippen molar-refractivity contribution in [1.82, 2.24) is 9.97 Å². The van der Waals surface area contributed by atoms with Gasteiger partial charge in [-0.1, -0.05) is 23.7 Å². The number of thiophene rings is 1. The van der Waals surface area contributed by atoms with Gasteiger partial charge in [-0.15, -0.1) is 11.3 Å². The van der Waals surface area contributed by atoms with Gasteiger partial charge in [-0.05, 0) is 29.8 Å². The number of benzene rings is 2. The van der Waals surface area contributed by atoms with Crippen LogP contribution in [0.25, 0.3) is 21.3 Å². The van der Waals surface area contributed by atoms with Crippen LogP contribution >= 0.6 is 22.9 Å². The zero-order valence-electron chi connectivity index (χ0n) is 15.4. The molecule has 4 rings (SSSR count). The first kappa shape index (κ1) is 18.5. The third kappa shape index (κ3) is 3.61. The number of anilines is 1. The zero-order chi connectivity index (χ0) is 19.5. The molecule has 0 saturated heterocycles. The van der Waals surface area contributed by atoms with Gasteiger partial charge in [-0.2, -0.15) is 0 Å². The molecule has 0 unspecified atom stereocenters. The molecular formula is C21H18ClN3O2S. The molecule has 0 aliphatic rings. The summed E-state index contributed by atoms with van der Waals surface area (Å²) in [7, 11) is 3.29. The summed E-state index contributed by atoms with van der Waals surface area (Å²) in [6.45, 7) is 0.565. The van der Waals surface area contributed by atoms with Crippen molar-refractivity contribution in [3.05, 3.63) is 64.8 Å². The molecule has 0 atom stereocenters. The summed E-state index contributed by atoms with van der Waals surface area (Å²) < 4.78 is 10.8. The van der Waals surface area contributed by atoms with Crippen molar-refractivity contribution in [3.8, 4) is 22.6 Å². The zero-order valence-corrected chi connectivity index (χ0v) is 17.0. The lowest BCUT2D eigenvalue weighted by Gasteiger charge is -2.12. The van der Waals surface area contributed by atoms with Crippen LogP contribution in [0.4, 0.5) is 5.82 Å². The van der Waals surface area contributed by atoms with E-state index in [1.54, 1.807) is 31.9 Å². The third-order valence-corrected chi connectivity index (χ3v) is 5.60. The van der Waals surface area contributed by atoms with Crippen LogP contribution in [-0.2, 0) is 6.54 Å². The average molecular weight is 412 g/mol. The maximum absolute atomic E-state index is 6.04. The number of ether oxygens (including phenoxy) is 2. The van der Waals surface area contributed by atoms with Gasteiger partial charge in [-0.3, -0.25) is 0 Å². The Balaban J connectivity index is 1.68. The van der Waals surface area contributed by atoms with E-state index in [0.717, 1.165) is 44.2 Å². The van der Waals surface area contributed by atoms with Crippen LogP contribution in [0.5, 0.6) is 11.5 Å². The van der Waals surface area contributed by atoms with Gasteiger partial charge in [0, 0.05) is 34.1 Å². The lowest BCUT2D eigenvalue weighted by atomic mass is 10.1. The van der Waals surface area contributed by atoms with Crippen molar-refractivity contribution in [3.63, 3.8) is 0 Å². The summed E-state index contributed by atoms with van der Waals surface area (Å²) in [5.74, 6) is 2.31. The lowest BCUT2D eigenvalue weighted by molar-refractivity contribution is 0.391. The fourth-order valence-electron chi connectivity index (χ4n) is 3.03. The molecule has 142 valence electrons. The van der Waals surface area contributed by atoms with Crippen molar-refractivity contribution < 1.29 is 9.47 Å². The number of aromatic nitrogens is 2. The molecule has 7 heteroatoms. The van der Waals surface area contributed by atoms with Crippen molar-refractivity contribution in [2.75, 3.05) is 19.5 Å². The first-order valence-corrected chi connectivity index (χ1v) is 9.88. The maximum Gasteiger partial charge on any atom is 0.139 e. The molecule has 0 amide bonds. The molecule has 0 aliphatic carbocycles. The lowest BCUT2D eigenvalue weighted by Crippen LogP contribution is -2.04. The van der Waals surface area contributed by atoms with Crippen molar-refractivity contribution >= 4 is 39.0 Å². The minimum Gasteiger partial charge on any atom is -0.497 e. The third-order valence-electron chi connectivity index (χ3n) is 4.47. The summed E-state index contributed by atoms with van der Waals surface area (Å²) in [6, 6.07) is 13.6. The number of methoxy groups -OCH3 is 2. The predicted molar refractivity (Wildman–Crippen MR) is 115 cm³/mol. The SMILES string of the molecule is COc1ccc(CNc2ncnc3scc(-c4ccc(Cl)cc4)c23)c(OC)c1. The molecule has 2 aromatic carbocycles. The number of nitrogens with zero attached hydrogens (tertiary/aromatic N) is 2. The van der Waals surface area contributed by atoms with Crippen LogP contribution in [0.15, 0.2) is 54.2 Å². The maximum atomic E-state index is 6.04. The number of halogens is 1. The summed E-state index contributed by atoms with van der Waals surface area (Å²) in [4.78, 5) is 9.83. The molecular weight excluding hydrogens is 394 g/mol. The molecule has 0 fully saturated rings. The Morgan fingerprint density at radius 3 is 2.61 bits per heavy atom. The Kier molecular flexibility index (Phi) is 5.32. The van der Waals surface area contributed by atoms with Crippen molar-refractivity contribution in [1.29, 1.82) is 0 Å². The second-order valence-corrected chi connectivity index (χ2v) is 7.38. The summed E-state index contributed by atoms with van der Waals surface area (Å²) >= 11 is 7.63. The smallest absolute Gasteiger partial charge is 0.139 e. The Bertz CT molecular complexity index is 1110. The van der Waals surface area contributed by atoms with Gasteiger partial charge in [0.1, 0.15) is 28.5 Å². The van der Waals surface area contributed by atoms with Crippen molar-refractivity contribution in [2.45, 2.75) is 6.54 Å². The highest BCUT2D eigenvalue weighted by Crippen LogP contribution is 2.37. The van der Waals surface area contributed by atoms with Gasteiger partial charge in [0.2, 0.25) is 0 Å². The van der Waals surface area contributed by atoms with Gasteiger partial charge < -0.3 is 14.8 Å². The first-order valence-electron chi connectivity index (χ1n) is 8.62. The monoisotopic (exact) mass is 411 g/mol. The molecule has 4 aromatic rings. The van der Waals surface area contributed by atoms with E-state index in [9.17, 15) is 0 Å². The molecule has 0 saturated carbocycles. The summed E-state index contributed by atoms with van der Waals surface area (Å²) in [5.41, 5.74) is 3.18. The molecule has 0 bridgehead atoms. The summed E-state index contributed by atoms with van der Waals surface area (Å²) in [6.07, 6.45) is 1.58. The van der Waals surface area contributed by atoms with E-state index in [1.165, 1.54) is 0 Å². The number of rotatable bonds is 6. The predicted octanol–water partition coefficient (Wildman–Crippen LogP) is 5.64. The highest BCUT2D eigenvalue weighted by molar-refractivity contribution is 7.17. The number of hydrogen-bond donors (Lipinski definition) is 1. The van der Waals surface area contributed by atoms with E-state index in [-0.39, 0.29) is 0 Å². The molecule has 28 heavy (non-hydrogen) atoms. The van der Waals surface area contributed by atoms with E-state index >= 15 is 0 Å². The fourth-order valence-corrected chi connectivity index (χ4v) is 4.07. The Labute approximate surface area is 171 Å². The molecule has 2 heterocycles. The van der Waals surface area contributed by atoms with Gasteiger partial charge >= 0.3 is 0 Å². The highest BCUT2D eigenvalue weighted by atomic mass is 35.5. The Morgan fingerprint density at radius 2 is 1.86 bits per heavy atom. The van der Waals surface area contributed by atoms with Crippen LogP contribution in [-0.4, -0.2) is 24.2 Å². The van der Waals surface area contributed by atoms with E-state index in [0.29, 0.717) is 11.6 Å². The second-order valence-electron chi connectivity index (χ2n) is 6.09. The topological polar surface area (TPSA) is 56.3 Å². The van der Waals surface area contributed by atoms with Crippen LogP contribution in [0.1, 0.15) is 5.56 Å². The number of hydrogen-bond acceptors (Lipinski definition) is 6. The van der Waals surface area contributed by atoms with Crippen LogP contribution < -0.4 is 14.8 Å². The molecule has 0 aliphatic heterocycles. The average Bonchev–Trinajstić information content (AvgIpc) is 3.17. The van der Waals surface area contributed by atoms with Gasteiger partial charge in [0.05, 0.1) is 19.6 Å². The number of nitrogens with one attached hydrogen (secondary N) is 1. The van der Waals surface area contributed by atoms with E-state index < -0.39 is 0 Å². The Morgan fingerprint density at radius 1 is 1.04 bits per heavy atom. The van der Waals surface area contributed by atoms with Gasteiger partial charge in [-0.25, -0.2) is 9.97 Å². The summed E-state index contributed by atoms with van der Waals surface area (Å²) in [5, 5.41) is 7.25. The second kappa shape index (κ2) is 8.04. The molecule has 0 spiro atoms. The van der Waals surface area contributed by atoms with E-state index in [4.69, 9.17) is 21.1 Å². The van der Waals surface area contributed by atoms with Gasteiger partial charge in [0.25, 0.3) is 0 Å². The Hall–Kier alpha value is -2.83. The minimum absolute atomic E-state index is 0.565. The van der Waals surface area contributed by atoms with E-state index in [2.05, 4.69) is 20.7 Å². The molecule has 5 nitrogen and oxygen atoms in total. The minimum atomic E-state index is 0.565.